The van der Waals surface area contributed by atoms with Gasteiger partial charge >= 0.3 is 0 Å². The third-order valence-corrected chi connectivity index (χ3v) is 4.95. The van der Waals surface area contributed by atoms with E-state index in [1.807, 2.05) is 0 Å². The van der Waals surface area contributed by atoms with Crippen molar-refractivity contribution in [2.45, 2.75) is 77.5 Å². The van der Waals surface area contributed by atoms with Gasteiger partial charge in [-0.15, -0.1) is 0 Å². The number of ether oxygens (including phenoxy) is 2. The van der Waals surface area contributed by atoms with Crippen molar-refractivity contribution in [3.05, 3.63) is 35.4 Å². The smallest absolute Gasteiger partial charge is 0.188 e. The molecule has 27 heavy (non-hydrogen) atoms. The normalized spacial score (nSPS) is 15.8. The van der Waals surface area contributed by atoms with Crippen molar-refractivity contribution in [2.24, 2.45) is 10.7 Å². The fourth-order valence-corrected chi connectivity index (χ4v) is 3.15. The van der Waals surface area contributed by atoms with Crippen LogP contribution in [-0.4, -0.2) is 31.8 Å². The lowest BCUT2D eigenvalue weighted by Crippen LogP contribution is -2.32. The Labute approximate surface area is 164 Å². The van der Waals surface area contributed by atoms with Crippen LogP contribution in [0.25, 0.3) is 0 Å². The molecule has 0 unspecified atom stereocenters. The number of nitrogens with zero attached hydrogens (tertiary/aromatic N) is 1. The first kappa shape index (κ1) is 21.7. The molecule has 0 radical (unpaired) electrons. The van der Waals surface area contributed by atoms with E-state index in [2.05, 4.69) is 41.5 Å². The molecule has 0 aromatic heterocycles. The molecule has 152 valence electrons. The molecular weight excluding hydrogens is 338 g/mol. The monoisotopic (exact) mass is 375 g/mol. The van der Waals surface area contributed by atoms with Crippen LogP contribution < -0.4 is 11.1 Å². The quantitative estimate of drug-likeness (QED) is 0.327. The van der Waals surface area contributed by atoms with Gasteiger partial charge in [0.1, 0.15) is 0 Å². The van der Waals surface area contributed by atoms with Crippen molar-refractivity contribution in [2.75, 3.05) is 19.8 Å². The number of benzene rings is 1. The first-order valence-electron chi connectivity index (χ1n) is 10.6. The van der Waals surface area contributed by atoms with E-state index in [-0.39, 0.29) is 0 Å². The van der Waals surface area contributed by atoms with Crippen LogP contribution in [0.5, 0.6) is 0 Å². The first-order valence-corrected chi connectivity index (χ1v) is 10.6. The van der Waals surface area contributed by atoms with E-state index in [1.54, 1.807) is 0 Å². The van der Waals surface area contributed by atoms with Gasteiger partial charge in [0, 0.05) is 19.8 Å². The van der Waals surface area contributed by atoms with E-state index in [0.29, 0.717) is 25.2 Å². The average Bonchev–Trinajstić information content (AvgIpc) is 2.71. The van der Waals surface area contributed by atoms with Crippen molar-refractivity contribution in [3.8, 4) is 0 Å². The molecule has 1 aromatic rings. The minimum absolute atomic E-state index is 0.334. The maximum Gasteiger partial charge on any atom is 0.188 e. The van der Waals surface area contributed by atoms with Gasteiger partial charge in [-0.3, -0.25) is 0 Å². The van der Waals surface area contributed by atoms with E-state index in [9.17, 15) is 0 Å². The summed E-state index contributed by atoms with van der Waals surface area (Å²) in [4.78, 5) is 4.43. The highest BCUT2D eigenvalue weighted by Gasteiger charge is 2.13. The van der Waals surface area contributed by atoms with Crippen LogP contribution in [-0.2, 0) is 22.6 Å². The molecule has 0 bridgehead atoms. The summed E-state index contributed by atoms with van der Waals surface area (Å²) in [6, 6.07) is 8.44. The average molecular weight is 376 g/mol. The molecule has 1 heterocycles. The van der Waals surface area contributed by atoms with Gasteiger partial charge in [-0.25, -0.2) is 4.99 Å². The Morgan fingerprint density at radius 2 is 1.74 bits per heavy atom. The number of rotatable bonds is 12. The summed E-state index contributed by atoms with van der Waals surface area (Å²) < 4.78 is 11.3. The van der Waals surface area contributed by atoms with Crippen molar-refractivity contribution in [3.63, 3.8) is 0 Å². The molecule has 1 saturated heterocycles. The van der Waals surface area contributed by atoms with E-state index in [1.165, 1.54) is 37.7 Å². The lowest BCUT2D eigenvalue weighted by molar-refractivity contribution is -0.0390. The second-order valence-corrected chi connectivity index (χ2v) is 7.34. The molecule has 1 fully saturated rings. The Morgan fingerprint density at radius 1 is 1.07 bits per heavy atom. The molecule has 1 aliphatic rings. The predicted molar refractivity (Wildman–Crippen MR) is 112 cm³/mol. The number of nitrogens with two attached hydrogens (primary N) is 1. The summed E-state index contributed by atoms with van der Waals surface area (Å²) in [5, 5.41) is 3.21. The number of nitrogens with one attached hydrogen (secondary N) is 1. The molecule has 1 aromatic carbocycles. The highest BCUT2D eigenvalue weighted by Crippen LogP contribution is 2.14. The zero-order chi connectivity index (χ0) is 19.2. The Morgan fingerprint density at radius 3 is 2.48 bits per heavy atom. The number of unbranched alkanes of at least 4 members (excludes halogenated alkanes) is 5. The van der Waals surface area contributed by atoms with Crippen LogP contribution in [0.4, 0.5) is 0 Å². The molecule has 1 aliphatic heterocycles. The first-order chi connectivity index (χ1) is 13.3. The Balaban J connectivity index is 1.59. The Hall–Kier alpha value is -1.59. The molecule has 5 nitrogen and oxygen atoms in total. The van der Waals surface area contributed by atoms with Crippen LogP contribution >= 0.6 is 0 Å². The van der Waals surface area contributed by atoms with Gasteiger partial charge in [0.15, 0.2) is 5.96 Å². The molecule has 5 heteroatoms. The fourth-order valence-electron chi connectivity index (χ4n) is 3.15. The van der Waals surface area contributed by atoms with Gasteiger partial charge in [-0.2, -0.15) is 0 Å². The lowest BCUT2D eigenvalue weighted by atomic mass is 10.1. The van der Waals surface area contributed by atoms with Gasteiger partial charge in [0.05, 0.1) is 19.3 Å². The zero-order valence-corrected chi connectivity index (χ0v) is 16.9. The number of aliphatic imine (C=N–C) groups is 1. The minimum Gasteiger partial charge on any atom is -0.381 e. The van der Waals surface area contributed by atoms with Crippen molar-refractivity contribution in [1.82, 2.24) is 5.32 Å². The number of hydrogen-bond acceptors (Lipinski definition) is 3. The largest absolute Gasteiger partial charge is 0.381 e. The summed E-state index contributed by atoms with van der Waals surface area (Å²) in [6.07, 6.45) is 10.0. The summed E-state index contributed by atoms with van der Waals surface area (Å²) in [5.41, 5.74) is 8.31. The fraction of sp³-hybridized carbons (Fsp3) is 0.682. The van der Waals surface area contributed by atoms with Gasteiger partial charge in [0.25, 0.3) is 0 Å². The molecule has 0 spiro atoms. The highest BCUT2D eigenvalue weighted by molar-refractivity contribution is 5.77. The molecule has 0 saturated carbocycles. The van der Waals surface area contributed by atoms with E-state index in [0.717, 1.165) is 44.6 Å². The van der Waals surface area contributed by atoms with Crippen LogP contribution in [0.3, 0.4) is 0 Å². The van der Waals surface area contributed by atoms with Gasteiger partial charge in [-0.05, 0) is 30.4 Å². The molecule has 0 aliphatic carbocycles. The van der Waals surface area contributed by atoms with Gasteiger partial charge < -0.3 is 20.5 Å². The third kappa shape index (κ3) is 9.78. The van der Waals surface area contributed by atoms with Crippen molar-refractivity contribution >= 4 is 5.96 Å². The van der Waals surface area contributed by atoms with E-state index < -0.39 is 0 Å². The summed E-state index contributed by atoms with van der Waals surface area (Å²) in [5.74, 6) is 0.537. The molecule has 0 amide bonds. The van der Waals surface area contributed by atoms with E-state index in [4.69, 9.17) is 15.2 Å². The minimum atomic E-state index is 0.334. The van der Waals surface area contributed by atoms with Crippen molar-refractivity contribution in [1.29, 1.82) is 0 Å². The summed E-state index contributed by atoms with van der Waals surface area (Å²) >= 11 is 0. The summed E-state index contributed by atoms with van der Waals surface area (Å²) in [6.45, 7) is 6.05. The number of hydrogen-bond donors (Lipinski definition) is 2. The van der Waals surface area contributed by atoms with Gasteiger partial charge in [-0.1, -0.05) is 63.3 Å². The molecular formula is C22H37N3O2. The predicted octanol–water partition coefficient (Wildman–Crippen LogP) is 4.15. The SMILES string of the molecule is CCCCCCCCNC(N)=NCc1ccc(COC2CCOCC2)cc1. The Kier molecular flexibility index (Phi) is 10.9. The lowest BCUT2D eigenvalue weighted by Gasteiger charge is -2.22. The summed E-state index contributed by atoms with van der Waals surface area (Å²) in [7, 11) is 0. The topological polar surface area (TPSA) is 68.9 Å². The maximum atomic E-state index is 5.96. The maximum absolute atomic E-state index is 5.96. The second kappa shape index (κ2) is 13.6. The molecule has 3 N–H and O–H groups in total. The highest BCUT2D eigenvalue weighted by atomic mass is 16.5. The second-order valence-electron chi connectivity index (χ2n) is 7.34. The standard InChI is InChI=1S/C22H37N3O2/c1-2-3-4-5-6-7-14-24-22(23)25-17-19-8-10-20(11-9-19)18-27-21-12-15-26-16-13-21/h8-11,21H,2-7,12-18H2,1H3,(H3,23,24,25). The zero-order valence-electron chi connectivity index (χ0n) is 16.9. The number of guanidine groups is 1. The van der Waals surface area contributed by atoms with Crippen LogP contribution in [0.15, 0.2) is 29.3 Å². The Bertz CT molecular complexity index is 525. The van der Waals surface area contributed by atoms with Crippen LogP contribution in [0.1, 0.15) is 69.4 Å². The van der Waals surface area contributed by atoms with E-state index >= 15 is 0 Å². The third-order valence-electron chi connectivity index (χ3n) is 4.95. The van der Waals surface area contributed by atoms with Crippen LogP contribution in [0.2, 0.25) is 0 Å². The van der Waals surface area contributed by atoms with Gasteiger partial charge in [0.2, 0.25) is 0 Å². The van der Waals surface area contributed by atoms with Crippen molar-refractivity contribution < 1.29 is 9.47 Å². The molecule has 0 atom stereocenters. The molecule has 2 rings (SSSR count). The van der Waals surface area contributed by atoms with Crippen LogP contribution in [0, 0.1) is 0 Å².